The van der Waals surface area contributed by atoms with Crippen LogP contribution in [0.5, 0.6) is 0 Å². The van der Waals surface area contributed by atoms with E-state index in [0.717, 1.165) is 58.4 Å². The fourth-order valence-electron chi connectivity index (χ4n) is 1.94. The number of rotatable bonds is 6. The minimum absolute atomic E-state index is 0.274. The predicted molar refractivity (Wildman–Crippen MR) is 56.3 cm³/mol. The second-order valence-corrected chi connectivity index (χ2v) is 3.89. The quantitative estimate of drug-likeness (QED) is 0.477. The Morgan fingerprint density at radius 1 is 1.57 bits per heavy atom. The van der Waals surface area contributed by atoms with Crippen LogP contribution in [0.25, 0.3) is 0 Å². The third-order valence-electron chi connectivity index (χ3n) is 2.70. The van der Waals surface area contributed by atoms with Crippen molar-refractivity contribution in [2.45, 2.75) is 26.2 Å². The lowest BCUT2D eigenvalue weighted by molar-refractivity contribution is -0.112. The van der Waals surface area contributed by atoms with Crippen LogP contribution in [0.15, 0.2) is 0 Å². The van der Waals surface area contributed by atoms with Crippen LogP contribution in [-0.4, -0.2) is 44.0 Å². The molecule has 1 aliphatic heterocycles. The van der Waals surface area contributed by atoms with Gasteiger partial charge in [-0.3, -0.25) is 0 Å². The SMILES string of the molecule is CCOCCCN1CCCC(C=O)C1. The van der Waals surface area contributed by atoms with Gasteiger partial charge in [0, 0.05) is 32.2 Å². The lowest BCUT2D eigenvalue weighted by Crippen LogP contribution is -2.36. The van der Waals surface area contributed by atoms with Crippen LogP contribution in [0, 0.1) is 5.92 Å². The monoisotopic (exact) mass is 199 g/mol. The van der Waals surface area contributed by atoms with Gasteiger partial charge in [-0.05, 0) is 32.7 Å². The number of carbonyl (C=O) groups is 1. The molecule has 1 rings (SSSR count). The molecular formula is C11H21NO2. The molecule has 3 nitrogen and oxygen atoms in total. The highest BCUT2D eigenvalue weighted by Gasteiger charge is 2.18. The third kappa shape index (κ3) is 4.20. The number of hydrogen-bond donors (Lipinski definition) is 0. The first kappa shape index (κ1) is 11.7. The van der Waals surface area contributed by atoms with Gasteiger partial charge in [0.15, 0.2) is 0 Å². The summed E-state index contributed by atoms with van der Waals surface area (Å²) in [5.74, 6) is 0.274. The van der Waals surface area contributed by atoms with Crippen LogP contribution in [0.4, 0.5) is 0 Å². The van der Waals surface area contributed by atoms with E-state index in [2.05, 4.69) is 4.90 Å². The zero-order valence-corrected chi connectivity index (χ0v) is 9.08. The summed E-state index contributed by atoms with van der Waals surface area (Å²) in [6, 6.07) is 0. The zero-order valence-electron chi connectivity index (χ0n) is 9.08. The first-order valence-electron chi connectivity index (χ1n) is 5.62. The van der Waals surface area contributed by atoms with Crippen LogP contribution in [0.2, 0.25) is 0 Å². The molecule has 0 aromatic heterocycles. The van der Waals surface area contributed by atoms with Gasteiger partial charge in [0.25, 0.3) is 0 Å². The molecule has 0 radical (unpaired) electrons. The summed E-state index contributed by atoms with van der Waals surface area (Å²) in [6.07, 6.45) is 4.43. The number of likely N-dealkylation sites (tertiary alicyclic amines) is 1. The fraction of sp³-hybridized carbons (Fsp3) is 0.909. The van der Waals surface area contributed by atoms with E-state index < -0.39 is 0 Å². The highest BCUT2D eigenvalue weighted by Crippen LogP contribution is 2.14. The number of ether oxygens (including phenoxy) is 1. The van der Waals surface area contributed by atoms with Crippen molar-refractivity contribution in [1.29, 1.82) is 0 Å². The molecule has 0 saturated carbocycles. The maximum atomic E-state index is 10.6. The largest absolute Gasteiger partial charge is 0.382 e. The molecule has 1 atom stereocenters. The molecule has 0 bridgehead atoms. The zero-order chi connectivity index (χ0) is 10.2. The summed E-state index contributed by atoms with van der Waals surface area (Å²) >= 11 is 0. The topological polar surface area (TPSA) is 29.5 Å². The van der Waals surface area contributed by atoms with Crippen LogP contribution < -0.4 is 0 Å². The molecule has 1 aliphatic rings. The lowest BCUT2D eigenvalue weighted by Gasteiger charge is -2.29. The average Bonchev–Trinajstić information content (AvgIpc) is 2.25. The summed E-state index contributed by atoms with van der Waals surface area (Å²) in [5, 5.41) is 0. The van der Waals surface area contributed by atoms with Crippen molar-refractivity contribution in [3.05, 3.63) is 0 Å². The van der Waals surface area contributed by atoms with Crippen LogP contribution in [0.1, 0.15) is 26.2 Å². The summed E-state index contributed by atoms with van der Waals surface area (Å²) in [4.78, 5) is 13.0. The predicted octanol–water partition coefficient (Wildman–Crippen LogP) is 1.32. The van der Waals surface area contributed by atoms with Gasteiger partial charge in [-0.2, -0.15) is 0 Å². The molecule has 1 fully saturated rings. The molecule has 0 amide bonds. The second-order valence-electron chi connectivity index (χ2n) is 3.89. The van der Waals surface area contributed by atoms with Crippen molar-refractivity contribution in [1.82, 2.24) is 4.90 Å². The minimum atomic E-state index is 0.274. The van der Waals surface area contributed by atoms with E-state index in [9.17, 15) is 4.79 Å². The van der Waals surface area contributed by atoms with Crippen molar-refractivity contribution < 1.29 is 9.53 Å². The molecule has 0 spiro atoms. The molecule has 1 saturated heterocycles. The number of hydrogen-bond acceptors (Lipinski definition) is 3. The van der Waals surface area contributed by atoms with E-state index in [1.54, 1.807) is 0 Å². The second kappa shape index (κ2) is 6.96. The van der Waals surface area contributed by atoms with Crippen LogP contribution >= 0.6 is 0 Å². The van der Waals surface area contributed by atoms with Crippen molar-refractivity contribution >= 4 is 6.29 Å². The molecular weight excluding hydrogens is 178 g/mol. The molecule has 1 heterocycles. The molecule has 3 heteroatoms. The first-order chi connectivity index (χ1) is 6.86. The Hall–Kier alpha value is -0.410. The Kier molecular flexibility index (Phi) is 5.80. The normalized spacial score (nSPS) is 23.6. The Morgan fingerprint density at radius 3 is 3.14 bits per heavy atom. The number of piperidine rings is 1. The van der Waals surface area contributed by atoms with Gasteiger partial charge < -0.3 is 14.4 Å². The van der Waals surface area contributed by atoms with Crippen LogP contribution in [-0.2, 0) is 9.53 Å². The highest BCUT2D eigenvalue weighted by atomic mass is 16.5. The Morgan fingerprint density at radius 2 is 2.43 bits per heavy atom. The summed E-state index contributed by atoms with van der Waals surface area (Å²) in [6.45, 7) is 6.84. The van der Waals surface area contributed by atoms with Gasteiger partial charge in [0.2, 0.25) is 0 Å². The molecule has 1 unspecified atom stereocenters. The summed E-state index contributed by atoms with van der Waals surface area (Å²) in [7, 11) is 0. The van der Waals surface area contributed by atoms with Gasteiger partial charge in [0.1, 0.15) is 6.29 Å². The van der Waals surface area contributed by atoms with Crippen molar-refractivity contribution in [2.24, 2.45) is 5.92 Å². The van der Waals surface area contributed by atoms with E-state index >= 15 is 0 Å². The minimum Gasteiger partial charge on any atom is -0.382 e. The molecule has 0 aromatic carbocycles. The van der Waals surface area contributed by atoms with Gasteiger partial charge >= 0.3 is 0 Å². The number of nitrogens with zero attached hydrogens (tertiary/aromatic N) is 1. The smallest absolute Gasteiger partial charge is 0.124 e. The van der Waals surface area contributed by atoms with E-state index in [1.165, 1.54) is 0 Å². The average molecular weight is 199 g/mol. The van der Waals surface area contributed by atoms with Crippen molar-refractivity contribution in [3.63, 3.8) is 0 Å². The Balaban J connectivity index is 2.08. The molecule has 0 N–H and O–H groups in total. The van der Waals surface area contributed by atoms with Crippen molar-refractivity contribution in [3.8, 4) is 0 Å². The summed E-state index contributed by atoms with van der Waals surface area (Å²) in [5.41, 5.74) is 0. The summed E-state index contributed by atoms with van der Waals surface area (Å²) < 4.78 is 5.28. The first-order valence-corrected chi connectivity index (χ1v) is 5.62. The third-order valence-corrected chi connectivity index (χ3v) is 2.70. The number of aldehydes is 1. The van der Waals surface area contributed by atoms with E-state index in [4.69, 9.17) is 4.74 Å². The maximum Gasteiger partial charge on any atom is 0.124 e. The maximum absolute atomic E-state index is 10.6. The number of carbonyl (C=O) groups excluding carboxylic acids is 1. The van der Waals surface area contributed by atoms with E-state index in [0.29, 0.717) is 0 Å². The standard InChI is InChI=1S/C11H21NO2/c1-2-14-8-4-7-12-6-3-5-11(9-12)10-13/h10-11H,2-9H2,1H3. The molecule has 14 heavy (non-hydrogen) atoms. The van der Waals surface area contributed by atoms with E-state index in [-0.39, 0.29) is 5.92 Å². The Bertz CT molecular complexity index is 161. The van der Waals surface area contributed by atoms with Crippen molar-refractivity contribution in [2.75, 3.05) is 32.8 Å². The lowest BCUT2D eigenvalue weighted by atomic mass is 10.00. The Labute approximate surface area is 86.4 Å². The molecule has 0 aromatic rings. The van der Waals surface area contributed by atoms with Gasteiger partial charge in [-0.15, -0.1) is 0 Å². The van der Waals surface area contributed by atoms with Crippen LogP contribution in [0.3, 0.4) is 0 Å². The van der Waals surface area contributed by atoms with Gasteiger partial charge in [-0.25, -0.2) is 0 Å². The van der Waals surface area contributed by atoms with E-state index in [1.807, 2.05) is 6.92 Å². The fourth-order valence-corrected chi connectivity index (χ4v) is 1.94. The molecule has 82 valence electrons. The highest BCUT2D eigenvalue weighted by molar-refractivity contribution is 5.53. The van der Waals surface area contributed by atoms with Gasteiger partial charge in [0.05, 0.1) is 0 Å². The molecule has 0 aliphatic carbocycles. The van der Waals surface area contributed by atoms with Gasteiger partial charge in [-0.1, -0.05) is 0 Å².